The molecule has 0 spiro atoms. The molecule has 6 nitrogen and oxygen atoms in total. The normalized spacial score (nSPS) is 15.1. The summed E-state index contributed by atoms with van der Waals surface area (Å²) in [6.45, 7) is 0. The van der Waals surface area contributed by atoms with Crippen LogP contribution >= 0.6 is 12.2 Å². The summed E-state index contributed by atoms with van der Waals surface area (Å²) in [7, 11) is 0. The second-order valence-corrected chi connectivity index (χ2v) is 4.07. The molecule has 0 saturated heterocycles. The number of para-hydroxylation sites is 1. The Hall–Kier alpha value is -2.54. The van der Waals surface area contributed by atoms with Gasteiger partial charge in [-0.25, -0.2) is 9.59 Å². The van der Waals surface area contributed by atoms with Crippen LogP contribution in [0.3, 0.4) is 0 Å². The van der Waals surface area contributed by atoms with Gasteiger partial charge in [0.1, 0.15) is 22.0 Å². The maximum absolute atomic E-state index is 11.3. The topological polar surface area (TPSA) is 102 Å². The van der Waals surface area contributed by atoms with E-state index in [4.69, 9.17) is 22.7 Å². The minimum absolute atomic E-state index is 0.138. The fourth-order valence-electron chi connectivity index (χ4n) is 1.78. The molecule has 0 amide bonds. The van der Waals surface area contributed by atoms with Gasteiger partial charge >= 0.3 is 11.9 Å². The minimum atomic E-state index is -1.48. The second-order valence-electron chi connectivity index (χ2n) is 3.69. The lowest BCUT2D eigenvalue weighted by Gasteiger charge is -2.19. The Morgan fingerprint density at radius 3 is 2.16 bits per heavy atom. The first-order chi connectivity index (χ1) is 8.95. The van der Waals surface area contributed by atoms with E-state index < -0.39 is 28.9 Å². The molecule has 0 atom stereocenters. The SMILES string of the molecule is N=C1C(=S)N(c2ccccc2)C(C(=O)O)=C1C(=O)O. The van der Waals surface area contributed by atoms with Crippen molar-refractivity contribution < 1.29 is 19.8 Å². The van der Waals surface area contributed by atoms with E-state index >= 15 is 0 Å². The van der Waals surface area contributed by atoms with Crippen molar-refractivity contribution >= 4 is 40.5 Å². The Morgan fingerprint density at radius 1 is 1.11 bits per heavy atom. The van der Waals surface area contributed by atoms with Gasteiger partial charge in [0.15, 0.2) is 0 Å². The van der Waals surface area contributed by atoms with Gasteiger partial charge in [0.05, 0.1) is 0 Å². The predicted octanol–water partition coefficient (Wildman–Crippen LogP) is 1.28. The molecule has 1 aliphatic rings. The van der Waals surface area contributed by atoms with Crippen LogP contribution in [0.5, 0.6) is 0 Å². The number of rotatable bonds is 3. The summed E-state index contributed by atoms with van der Waals surface area (Å²) in [5, 5.41) is 25.9. The number of aliphatic carboxylic acids is 2. The smallest absolute Gasteiger partial charge is 0.353 e. The first kappa shape index (κ1) is 12.9. The van der Waals surface area contributed by atoms with Gasteiger partial charge in [-0.15, -0.1) is 0 Å². The van der Waals surface area contributed by atoms with Gasteiger partial charge in [-0.2, -0.15) is 0 Å². The van der Waals surface area contributed by atoms with E-state index in [9.17, 15) is 14.7 Å². The van der Waals surface area contributed by atoms with E-state index in [0.29, 0.717) is 5.69 Å². The van der Waals surface area contributed by atoms with Crippen molar-refractivity contribution in [2.24, 2.45) is 0 Å². The van der Waals surface area contributed by atoms with Crippen molar-refractivity contribution in [2.45, 2.75) is 0 Å². The van der Waals surface area contributed by atoms with Gasteiger partial charge in [-0.1, -0.05) is 30.4 Å². The van der Waals surface area contributed by atoms with E-state index in [2.05, 4.69) is 0 Å². The van der Waals surface area contributed by atoms with Crippen LogP contribution in [0.1, 0.15) is 0 Å². The lowest BCUT2D eigenvalue weighted by atomic mass is 10.1. The Labute approximate surface area is 113 Å². The largest absolute Gasteiger partial charge is 0.478 e. The highest BCUT2D eigenvalue weighted by Gasteiger charge is 2.40. The monoisotopic (exact) mass is 276 g/mol. The molecule has 7 heteroatoms. The third-order valence-electron chi connectivity index (χ3n) is 2.56. The second kappa shape index (κ2) is 4.62. The number of nitrogens with zero attached hydrogens (tertiary/aromatic N) is 1. The van der Waals surface area contributed by atoms with Crippen LogP contribution < -0.4 is 4.90 Å². The maximum Gasteiger partial charge on any atom is 0.353 e. The highest BCUT2D eigenvalue weighted by Crippen LogP contribution is 2.29. The molecule has 1 aromatic rings. The Balaban J connectivity index is 2.67. The standard InChI is InChI=1S/C12H8N2O4S/c13-8-7(11(15)16)9(12(17)18)14(10(8)19)6-4-2-1-3-5-6/h1-5,13H,(H,15,16)(H,17,18). The van der Waals surface area contributed by atoms with E-state index in [1.165, 1.54) is 0 Å². The molecule has 1 aliphatic heterocycles. The molecule has 0 aromatic heterocycles. The summed E-state index contributed by atoms with van der Waals surface area (Å²) in [6, 6.07) is 8.25. The summed E-state index contributed by atoms with van der Waals surface area (Å²) in [6.07, 6.45) is 0. The number of anilines is 1. The van der Waals surface area contributed by atoms with Gasteiger partial charge in [0, 0.05) is 5.69 Å². The molecule has 19 heavy (non-hydrogen) atoms. The molecule has 1 aromatic carbocycles. The first-order valence-electron chi connectivity index (χ1n) is 5.14. The summed E-state index contributed by atoms with van der Waals surface area (Å²) in [5.74, 6) is -2.92. The lowest BCUT2D eigenvalue weighted by molar-refractivity contribution is -0.135. The lowest BCUT2D eigenvalue weighted by Crippen LogP contribution is -2.29. The molecule has 0 fully saturated rings. The zero-order valence-electron chi connectivity index (χ0n) is 9.45. The van der Waals surface area contributed by atoms with E-state index in [-0.39, 0.29) is 4.99 Å². The molecule has 3 N–H and O–H groups in total. The van der Waals surface area contributed by atoms with Crippen molar-refractivity contribution in [3.8, 4) is 0 Å². The van der Waals surface area contributed by atoms with Crippen LogP contribution in [0, 0.1) is 5.41 Å². The number of hydrogen-bond donors (Lipinski definition) is 3. The molecule has 0 radical (unpaired) electrons. The van der Waals surface area contributed by atoms with Gasteiger partial charge in [0.25, 0.3) is 0 Å². The van der Waals surface area contributed by atoms with Crippen LogP contribution in [0.4, 0.5) is 5.69 Å². The third-order valence-corrected chi connectivity index (χ3v) is 2.94. The van der Waals surface area contributed by atoms with Crippen LogP contribution in [-0.2, 0) is 9.59 Å². The van der Waals surface area contributed by atoms with Crippen LogP contribution in [0.15, 0.2) is 41.6 Å². The van der Waals surface area contributed by atoms with Crippen molar-refractivity contribution in [3.05, 3.63) is 41.6 Å². The molecule has 96 valence electrons. The zero-order valence-corrected chi connectivity index (χ0v) is 10.3. The average molecular weight is 276 g/mol. The molecule has 0 saturated carbocycles. The van der Waals surface area contributed by atoms with Gasteiger partial charge in [-0.05, 0) is 12.1 Å². The number of carbonyl (C=O) groups is 2. The molecule has 0 aliphatic carbocycles. The quantitative estimate of drug-likeness (QED) is 0.719. The number of carboxylic acid groups (broad SMARTS) is 2. The molecule has 0 unspecified atom stereocenters. The van der Waals surface area contributed by atoms with Crippen LogP contribution in [-0.4, -0.2) is 32.9 Å². The van der Waals surface area contributed by atoms with Gasteiger partial charge < -0.3 is 10.2 Å². The van der Waals surface area contributed by atoms with Gasteiger partial charge in [-0.3, -0.25) is 10.3 Å². The van der Waals surface area contributed by atoms with Crippen molar-refractivity contribution in [2.75, 3.05) is 4.90 Å². The summed E-state index contributed by atoms with van der Waals surface area (Å²) >= 11 is 4.97. The molecular formula is C12H8N2O4S. The van der Waals surface area contributed by atoms with Crippen LogP contribution in [0.25, 0.3) is 0 Å². The number of benzene rings is 1. The summed E-state index contributed by atoms with van der Waals surface area (Å²) in [5.41, 5.74) is -1.16. The molecular weight excluding hydrogens is 268 g/mol. The number of nitrogens with one attached hydrogen (secondary N) is 1. The molecule has 1 heterocycles. The number of hydrogen-bond acceptors (Lipinski definition) is 4. The molecule has 2 rings (SSSR count). The minimum Gasteiger partial charge on any atom is -0.478 e. The van der Waals surface area contributed by atoms with Gasteiger partial charge in [0.2, 0.25) is 0 Å². The Bertz CT molecular complexity index is 636. The zero-order chi connectivity index (χ0) is 14.2. The predicted molar refractivity (Wildman–Crippen MR) is 71.5 cm³/mol. The Morgan fingerprint density at radius 2 is 1.68 bits per heavy atom. The van der Waals surface area contributed by atoms with E-state index in [0.717, 1.165) is 4.90 Å². The highest BCUT2D eigenvalue weighted by molar-refractivity contribution is 7.82. The van der Waals surface area contributed by atoms with Crippen molar-refractivity contribution in [1.29, 1.82) is 5.41 Å². The number of carboxylic acids is 2. The molecule has 0 bridgehead atoms. The Kier molecular flexibility index (Phi) is 3.14. The van der Waals surface area contributed by atoms with Crippen molar-refractivity contribution in [1.82, 2.24) is 0 Å². The maximum atomic E-state index is 11.3. The summed E-state index contributed by atoms with van der Waals surface area (Å²) < 4.78 is 0. The third kappa shape index (κ3) is 2.00. The summed E-state index contributed by atoms with van der Waals surface area (Å²) in [4.78, 5) is 23.3. The van der Waals surface area contributed by atoms with Crippen molar-refractivity contribution in [3.63, 3.8) is 0 Å². The fraction of sp³-hybridized carbons (Fsp3) is 0. The highest BCUT2D eigenvalue weighted by atomic mass is 32.1. The first-order valence-corrected chi connectivity index (χ1v) is 5.55. The van der Waals surface area contributed by atoms with E-state index in [1.54, 1.807) is 30.3 Å². The average Bonchev–Trinajstić information content (AvgIpc) is 2.64. The van der Waals surface area contributed by atoms with Crippen LogP contribution in [0.2, 0.25) is 0 Å². The fourth-order valence-corrected chi connectivity index (χ4v) is 2.08. The van der Waals surface area contributed by atoms with E-state index in [1.807, 2.05) is 0 Å². The number of thiocarbonyl (C=S) groups is 1.